The molecule has 0 aliphatic carbocycles. The molecule has 72 valence electrons. The summed E-state index contributed by atoms with van der Waals surface area (Å²) < 4.78 is 3.85. The summed E-state index contributed by atoms with van der Waals surface area (Å²) in [6.45, 7) is 5.94. The predicted octanol–water partition coefficient (Wildman–Crippen LogP) is 2.15. The zero-order valence-corrected chi connectivity index (χ0v) is 8.90. The summed E-state index contributed by atoms with van der Waals surface area (Å²) in [5.41, 5.74) is 1.22. The largest absolute Gasteiger partial charge is 0.312 e. The minimum atomic E-state index is 0.372. The first-order valence-electron chi connectivity index (χ1n) is 4.33. The lowest BCUT2D eigenvalue weighted by molar-refractivity contribution is 0.556. The number of rotatable bonds is 5. The van der Waals surface area contributed by atoms with Gasteiger partial charge < -0.3 is 5.32 Å². The van der Waals surface area contributed by atoms with Crippen molar-refractivity contribution in [2.45, 2.75) is 25.8 Å². The maximum Gasteiger partial charge on any atom is 0.0669 e. The first-order chi connectivity index (χ1) is 6.24. The van der Waals surface area contributed by atoms with Gasteiger partial charge in [-0.15, -0.1) is 11.7 Å². The average molecular weight is 197 g/mol. The molecule has 1 N–H and O–H groups in total. The van der Waals surface area contributed by atoms with Crippen molar-refractivity contribution in [1.82, 2.24) is 14.9 Å². The van der Waals surface area contributed by atoms with Gasteiger partial charge in [-0.25, -0.2) is 0 Å². The molecule has 0 radical (unpaired) electrons. The third-order valence-corrected chi connectivity index (χ3v) is 2.71. The van der Waals surface area contributed by atoms with Gasteiger partial charge >= 0.3 is 0 Å². The summed E-state index contributed by atoms with van der Waals surface area (Å²) in [5, 5.41) is 7.07. The van der Waals surface area contributed by atoms with Gasteiger partial charge in [0.2, 0.25) is 0 Å². The van der Waals surface area contributed by atoms with Crippen LogP contribution in [0.4, 0.5) is 0 Å². The van der Waals surface area contributed by atoms with E-state index in [1.165, 1.54) is 22.0 Å². The second-order valence-corrected chi connectivity index (χ2v) is 3.97. The molecule has 0 aromatic carbocycles. The molecule has 0 saturated heterocycles. The van der Waals surface area contributed by atoms with Crippen LogP contribution in [-0.2, 0) is 0 Å². The Morgan fingerprint density at radius 2 is 2.54 bits per heavy atom. The fraction of sp³-hybridized carbons (Fsp3) is 0.556. The van der Waals surface area contributed by atoms with E-state index in [1.807, 2.05) is 13.2 Å². The maximum atomic E-state index is 3.89. The van der Waals surface area contributed by atoms with Crippen LogP contribution >= 0.6 is 11.5 Å². The van der Waals surface area contributed by atoms with E-state index in [1.54, 1.807) is 0 Å². The Balaban J connectivity index is 2.49. The van der Waals surface area contributed by atoms with E-state index >= 15 is 0 Å². The van der Waals surface area contributed by atoms with Gasteiger partial charge in [-0.2, -0.15) is 0 Å². The SMILES string of the molecule is C=C(C)CCC(NC)c1cnns1. The van der Waals surface area contributed by atoms with Gasteiger partial charge in [0.25, 0.3) is 0 Å². The lowest BCUT2D eigenvalue weighted by Crippen LogP contribution is -2.15. The number of aromatic nitrogens is 2. The van der Waals surface area contributed by atoms with Gasteiger partial charge in [0.1, 0.15) is 0 Å². The molecule has 1 rings (SSSR count). The minimum absolute atomic E-state index is 0.372. The second kappa shape index (κ2) is 5.09. The van der Waals surface area contributed by atoms with Gasteiger partial charge in [-0.05, 0) is 38.3 Å². The maximum absolute atomic E-state index is 3.89. The van der Waals surface area contributed by atoms with Crippen molar-refractivity contribution in [3.8, 4) is 0 Å². The Bertz CT molecular complexity index is 256. The standard InChI is InChI=1S/C9H15N3S/c1-7(2)4-5-8(10-3)9-6-11-12-13-9/h6,8,10H,1,4-5H2,2-3H3. The Morgan fingerprint density at radius 1 is 1.77 bits per heavy atom. The zero-order chi connectivity index (χ0) is 9.68. The Kier molecular flexibility index (Phi) is 4.05. The number of nitrogens with zero attached hydrogens (tertiary/aromatic N) is 2. The van der Waals surface area contributed by atoms with Crippen molar-refractivity contribution >= 4 is 11.5 Å². The fourth-order valence-electron chi connectivity index (χ4n) is 1.15. The van der Waals surface area contributed by atoms with Crippen molar-refractivity contribution in [3.05, 3.63) is 23.2 Å². The highest BCUT2D eigenvalue weighted by atomic mass is 32.1. The normalized spacial score (nSPS) is 12.8. The average Bonchev–Trinajstić information content (AvgIpc) is 2.58. The molecule has 1 heterocycles. The molecule has 3 nitrogen and oxygen atoms in total. The van der Waals surface area contributed by atoms with Crippen LogP contribution < -0.4 is 5.32 Å². The molecular weight excluding hydrogens is 182 g/mol. The highest BCUT2D eigenvalue weighted by Gasteiger charge is 2.10. The number of hydrogen-bond acceptors (Lipinski definition) is 4. The summed E-state index contributed by atoms with van der Waals surface area (Å²) in [5.74, 6) is 0. The van der Waals surface area contributed by atoms with E-state index in [2.05, 4.69) is 28.4 Å². The summed E-state index contributed by atoms with van der Waals surface area (Å²) in [6, 6.07) is 0.372. The lowest BCUT2D eigenvalue weighted by atomic mass is 10.1. The topological polar surface area (TPSA) is 37.8 Å². The molecule has 1 aromatic heterocycles. The van der Waals surface area contributed by atoms with Crippen LogP contribution in [0.5, 0.6) is 0 Å². The van der Waals surface area contributed by atoms with Crippen LogP contribution in [0.3, 0.4) is 0 Å². The van der Waals surface area contributed by atoms with Gasteiger partial charge in [-0.1, -0.05) is 10.1 Å². The van der Waals surface area contributed by atoms with Gasteiger partial charge in [0.05, 0.1) is 11.1 Å². The lowest BCUT2D eigenvalue weighted by Gasteiger charge is -2.12. The zero-order valence-electron chi connectivity index (χ0n) is 8.08. The first-order valence-corrected chi connectivity index (χ1v) is 5.10. The van der Waals surface area contributed by atoms with Crippen molar-refractivity contribution in [2.24, 2.45) is 0 Å². The molecule has 0 amide bonds. The summed E-state index contributed by atoms with van der Waals surface area (Å²) in [4.78, 5) is 1.20. The molecule has 0 saturated carbocycles. The van der Waals surface area contributed by atoms with E-state index in [0.717, 1.165) is 12.8 Å². The number of nitrogens with one attached hydrogen (secondary N) is 1. The monoisotopic (exact) mass is 197 g/mol. The molecule has 1 aromatic rings. The molecule has 0 spiro atoms. The van der Waals surface area contributed by atoms with Crippen LogP contribution in [0, 0.1) is 0 Å². The molecule has 0 bridgehead atoms. The second-order valence-electron chi connectivity index (χ2n) is 3.16. The van der Waals surface area contributed by atoms with Gasteiger partial charge in [0, 0.05) is 6.04 Å². The summed E-state index contributed by atoms with van der Waals surface area (Å²) >= 11 is 1.45. The molecule has 1 atom stereocenters. The third-order valence-electron chi connectivity index (χ3n) is 1.93. The van der Waals surface area contributed by atoms with Crippen LogP contribution in [-0.4, -0.2) is 16.6 Å². The molecule has 0 aliphatic rings. The van der Waals surface area contributed by atoms with E-state index in [0.29, 0.717) is 6.04 Å². The molecule has 13 heavy (non-hydrogen) atoms. The fourth-order valence-corrected chi connectivity index (χ4v) is 1.79. The van der Waals surface area contributed by atoms with Crippen molar-refractivity contribution in [2.75, 3.05) is 7.05 Å². The summed E-state index contributed by atoms with van der Waals surface area (Å²) in [7, 11) is 1.96. The molecule has 4 heteroatoms. The molecule has 1 unspecified atom stereocenters. The highest BCUT2D eigenvalue weighted by molar-refractivity contribution is 7.05. The Labute approximate surface area is 83.0 Å². The molecule has 0 fully saturated rings. The summed E-state index contributed by atoms with van der Waals surface area (Å²) in [6.07, 6.45) is 3.93. The van der Waals surface area contributed by atoms with Gasteiger partial charge in [0.15, 0.2) is 0 Å². The van der Waals surface area contributed by atoms with E-state index in [4.69, 9.17) is 0 Å². The van der Waals surface area contributed by atoms with Crippen molar-refractivity contribution in [1.29, 1.82) is 0 Å². The number of allylic oxidation sites excluding steroid dienone is 1. The predicted molar refractivity (Wildman–Crippen MR) is 55.8 cm³/mol. The number of hydrogen-bond donors (Lipinski definition) is 1. The van der Waals surface area contributed by atoms with Crippen molar-refractivity contribution < 1.29 is 0 Å². The van der Waals surface area contributed by atoms with Crippen LogP contribution in [0.15, 0.2) is 18.3 Å². The van der Waals surface area contributed by atoms with Crippen LogP contribution in [0.2, 0.25) is 0 Å². The van der Waals surface area contributed by atoms with Crippen LogP contribution in [0.25, 0.3) is 0 Å². The smallest absolute Gasteiger partial charge is 0.0669 e. The van der Waals surface area contributed by atoms with E-state index in [-0.39, 0.29) is 0 Å². The first kappa shape index (κ1) is 10.3. The van der Waals surface area contributed by atoms with E-state index in [9.17, 15) is 0 Å². The van der Waals surface area contributed by atoms with Crippen molar-refractivity contribution in [3.63, 3.8) is 0 Å². The Morgan fingerprint density at radius 3 is 3.00 bits per heavy atom. The van der Waals surface area contributed by atoms with E-state index < -0.39 is 0 Å². The van der Waals surface area contributed by atoms with Gasteiger partial charge in [-0.3, -0.25) is 0 Å². The Hall–Kier alpha value is -0.740. The minimum Gasteiger partial charge on any atom is -0.312 e. The molecule has 0 aliphatic heterocycles. The van der Waals surface area contributed by atoms with Crippen LogP contribution in [0.1, 0.15) is 30.7 Å². The quantitative estimate of drug-likeness (QED) is 0.735. The molecular formula is C9H15N3S. The highest BCUT2D eigenvalue weighted by Crippen LogP contribution is 2.21. The third kappa shape index (κ3) is 3.24.